The molecule has 0 saturated carbocycles. The SMILES string of the molecule is CC=CCC=NOC. The third kappa shape index (κ3) is 5.21. The van der Waals surface area contributed by atoms with Crippen LogP contribution < -0.4 is 0 Å². The lowest BCUT2D eigenvalue weighted by Gasteiger charge is -1.80. The summed E-state index contributed by atoms with van der Waals surface area (Å²) in [5.41, 5.74) is 0. The van der Waals surface area contributed by atoms with Gasteiger partial charge in [0.1, 0.15) is 7.11 Å². The molecule has 2 nitrogen and oxygen atoms in total. The van der Waals surface area contributed by atoms with Gasteiger partial charge in [-0.25, -0.2) is 0 Å². The number of nitrogens with zero attached hydrogens (tertiary/aromatic N) is 1. The van der Waals surface area contributed by atoms with Crippen molar-refractivity contribution in [3.05, 3.63) is 12.2 Å². The Morgan fingerprint density at radius 2 is 2.38 bits per heavy atom. The van der Waals surface area contributed by atoms with Gasteiger partial charge < -0.3 is 4.84 Å². The summed E-state index contributed by atoms with van der Waals surface area (Å²) in [6, 6.07) is 0. The Labute approximate surface area is 49.8 Å². The molecule has 0 amide bonds. The standard InChI is InChI=1S/C6H11NO/c1-3-4-5-6-7-8-2/h3-4,6H,5H2,1-2H3. The second-order valence-corrected chi connectivity index (χ2v) is 1.28. The van der Waals surface area contributed by atoms with E-state index in [2.05, 4.69) is 9.99 Å². The first kappa shape index (κ1) is 7.21. The van der Waals surface area contributed by atoms with Crippen LogP contribution in [0.1, 0.15) is 13.3 Å². The third-order valence-corrected chi connectivity index (χ3v) is 0.657. The van der Waals surface area contributed by atoms with Gasteiger partial charge in [-0.15, -0.1) is 0 Å². The maximum Gasteiger partial charge on any atom is 0.106 e. The van der Waals surface area contributed by atoms with Crippen molar-refractivity contribution in [1.82, 2.24) is 0 Å². The lowest BCUT2D eigenvalue weighted by Crippen LogP contribution is -1.71. The van der Waals surface area contributed by atoms with Gasteiger partial charge in [-0.05, 0) is 6.92 Å². The van der Waals surface area contributed by atoms with Gasteiger partial charge in [0.15, 0.2) is 0 Å². The van der Waals surface area contributed by atoms with Crippen LogP contribution in [0.5, 0.6) is 0 Å². The van der Waals surface area contributed by atoms with Crippen LogP contribution in [0.15, 0.2) is 17.3 Å². The van der Waals surface area contributed by atoms with Crippen molar-refractivity contribution in [1.29, 1.82) is 0 Å². The average Bonchev–Trinajstić information content (AvgIpc) is 1.81. The summed E-state index contributed by atoms with van der Waals surface area (Å²) in [5.74, 6) is 0. The molecule has 0 aliphatic carbocycles. The summed E-state index contributed by atoms with van der Waals surface area (Å²) in [6.07, 6.45) is 6.54. The molecule has 0 aromatic heterocycles. The van der Waals surface area contributed by atoms with Crippen LogP contribution >= 0.6 is 0 Å². The molecule has 0 aromatic carbocycles. The molecule has 0 N–H and O–H groups in total. The molecule has 8 heavy (non-hydrogen) atoms. The normalized spacial score (nSPS) is 11.2. The first-order chi connectivity index (χ1) is 3.91. The van der Waals surface area contributed by atoms with Crippen LogP contribution in [0.3, 0.4) is 0 Å². The van der Waals surface area contributed by atoms with E-state index >= 15 is 0 Å². The number of hydrogen-bond acceptors (Lipinski definition) is 2. The first-order valence-corrected chi connectivity index (χ1v) is 2.58. The Balaban J connectivity index is 3.03. The van der Waals surface area contributed by atoms with Crippen LogP contribution in [-0.2, 0) is 4.84 Å². The molecule has 0 bridgehead atoms. The topological polar surface area (TPSA) is 21.6 Å². The van der Waals surface area contributed by atoms with Crippen molar-refractivity contribution < 1.29 is 4.84 Å². The average molecular weight is 113 g/mol. The maximum atomic E-state index is 4.42. The molecule has 0 rings (SSSR count). The summed E-state index contributed by atoms with van der Waals surface area (Å²) < 4.78 is 0. The molecule has 0 saturated heterocycles. The molecule has 0 aliphatic heterocycles. The van der Waals surface area contributed by atoms with Crippen molar-refractivity contribution in [2.24, 2.45) is 5.16 Å². The molecular formula is C6H11NO. The number of oxime groups is 1. The summed E-state index contributed by atoms with van der Waals surface area (Å²) in [5, 5.41) is 3.53. The fourth-order valence-corrected chi connectivity index (χ4v) is 0.315. The van der Waals surface area contributed by atoms with Gasteiger partial charge in [0.2, 0.25) is 0 Å². The molecule has 2 heteroatoms. The molecule has 0 atom stereocenters. The highest BCUT2D eigenvalue weighted by atomic mass is 16.6. The van der Waals surface area contributed by atoms with E-state index in [0.29, 0.717) is 0 Å². The van der Waals surface area contributed by atoms with Crippen LogP contribution in [0.2, 0.25) is 0 Å². The van der Waals surface area contributed by atoms with Crippen molar-refractivity contribution in [2.75, 3.05) is 7.11 Å². The number of allylic oxidation sites excluding steroid dienone is 2. The van der Waals surface area contributed by atoms with Gasteiger partial charge in [-0.2, -0.15) is 0 Å². The number of rotatable bonds is 3. The van der Waals surface area contributed by atoms with E-state index in [-0.39, 0.29) is 0 Å². The fourth-order valence-electron chi connectivity index (χ4n) is 0.315. The highest BCUT2D eigenvalue weighted by molar-refractivity contribution is 5.58. The van der Waals surface area contributed by atoms with E-state index in [4.69, 9.17) is 0 Å². The molecule has 0 aromatic rings. The molecule has 0 aliphatic rings. The largest absolute Gasteiger partial charge is 0.399 e. The molecule has 0 radical (unpaired) electrons. The Morgan fingerprint density at radius 1 is 1.62 bits per heavy atom. The molecular weight excluding hydrogens is 102 g/mol. The van der Waals surface area contributed by atoms with Crippen molar-refractivity contribution in [3.63, 3.8) is 0 Å². The molecule has 0 spiro atoms. The molecule has 0 heterocycles. The van der Waals surface area contributed by atoms with Crippen molar-refractivity contribution >= 4 is 6.21 Å². The predicted octanol–water partition coefficient (Wildman–Crippen LogP) is 1.58. The second-order valence-electron chi connectivity index (χ2n) is 1.28. The van der Waals surface area contributed by atoms with Gasteiger partial charge in [-0.1, -0.05) is 17.3 Å². The minimum Gasteiger partial charge on any atom is -0.399 e. The highest BCUT2D eigenvalue weighted by Crippen LogP contribution is 1.76. The monoisotopic (exact) mass is 113 g/mol. The Morgan fingerprint density at radius 3 is 2.88 bits per heavy atom. The predicted molar refractivity (Wildman–Crippen MR) is 34.9 cm³/mol. The Hall–Kier alpha value is -0.790. The van der Waals surface area contributed by atoms with Gasteiger partial charge in [0, 0.05) is 12.6 Å². The van der Waals surface area contributed by atoms with Gasteiger partial charge in [-0.3, -0.25) is 0 Å². The Kier molecular flexibility index (Phi) is 5.60. The minimum absolute atomic E-state index is 0.852. The van der Waals surface area contributed by atoms with E-state index in [1.165, 1.54) is 7.11 Å². The lowest BCUT2D eigenvalue weighted by molar-refractivity contribution is 0.215. The summed E-state index contributed by atoms with van der Waals surface area (Å²) >= 11 is 0. The summed E-state index contributed by atoms with van der Waals surface area (Å²) in [6.45, 7) is 1.97. The quantitative estimate of drug-likeness (QED) is 0.309. The summed E-state index contributed by atoms with van der Waals surface area (Å²) in [4.78, 5) is 4.42. The first-order valence-electron chi connectivity index (χ1n) is 2.58. The zero-order valence-electron chi connectivity index (χ0n) is 5.29. The zero-order chi connectivity index (χ0) is 6.24. The maximum absolute atomic E-state index is 4.42. The molecule has 46 valence electrons. The molecule has 0 fully saturated rings. The van der Waals surface area contributed by atoms with Gasteiger partial charge >= 0.3 is 0 Å². The molecule has 0 unspecified atom stereocenters. The lowest BCUT2D eigenvalue weighted by atomic mass is 10.4. The second kappa shape index (κ2) is 6.21. The van der Waals surface area contributed by atoms with Gasteiger partial charge in [0.25, 0.3) is 0 Å². The Bertz CT molecular complexity index is 86.5. The smallest absolute Gasteiger partial charge is 0.106 e. The van der Waals surface area contributed by atoms with Crippen molar-refractivity contribution in [3.8, 4) is 0 Å². The van der Waals surface area contributed by atoms with E-state index in [1.54, 1.807) is 6.21 Å². The van der Waals surface area contributed by atoms with Crippen LogP contribution in [0, 0.1) is 0 Å². The van der Waals surface area contributed by atoms with Crippen LogP contribution in [0.25, 0.3) is 0 Å². The van der Waals surface area contributed by atoms with Gasteiger partial charge in [0.05, 0.1) is 0 Å². The summed E-state index contributed by atoms with van der Waals surface area (Å²) in [7, 11) is 1.53. The van der Waals surface area contributed by atoms with Crippen molar-refractivity contribution in [2.45, 2.75) is 13.3 Å². The van der Waals surface area contributed by atoms with E-state index in [1.807, 2.05) is 19.1 Å². The van der Waals surface area contributed by atoms with Crippen LogP contribution in [-0.4, -0.2) is 13.3 Å². The minimum atomic E-state index is 0.852. The van der Waals surface area contributed by atoms with Crippen LogP contribution in [0.4, 0.5) is 0 Å². The van der Waals surface area contributed by atoms with E-state index in [0.717, 1.165) is 6.42 Å². The fraction of sp³-hybridized carbons (Fsp3) is 0.500. The third-order valence-electron chi connectivity index (χ3n) is 0.657. The van der Waals surface area contributed by atoms with E-state index < -0.39 is 0 Å². The highest BCUT2D eigenvalue weighted by Gasteiger charge is 1.66. The number of hydrogen-bond donors (Lipinski definition) is 0. The zero-order valence-corrected chi connectivity index (χ0v) is 5.29. The van der Waals surface area contributed by atoms with E-state index in [9.17, 15) is 0 Å².